The number of nitrogens with zero attached hydrogens (tertiary/aromatic N) is 5. The van der Waals surface area contributed by atoms with Crippen molar-refractivity contribution in [2.75, 3.05) is 25.1 Å². The van der Waals surface area contributed by atoms with Gasteiger partial charge in [0.2, 0.25) is 5.95 Å². The predicted molar refractivity (Wildman–Crippen MR) is 105 cm³/mol. The van der Waals surface area contributed by atoms with Gasteiger partial charge >= 0.3 is 6.18 Å². The molecular weight excluding hydrogens is 437 g/mol. The van der Waals surface area contributed by atoms with E-state index < -0.39 is 34.7 Å². The first-order chi connectivity index (χ1) is 14.9. The van der Waals surface area contributed by atoms with Crippen LogP contribution in [0.2, 0.25) is 0 Å². The predicted octanol–water partition coefficient (Wildman–Crippen LogP) is 4.04. The molecule has 0 atom stereocenters. The second-order valence-electron chi connectivity index (χ2n) is 7.97. The lowest BCUT2D eigenvalue weighted by Gasteiger charge is -2.38. The third kappa shape index (κ3) is 3.61. The number of phenols is 1. The molecule has 0 saturated carbocycles. The van der Waals surface area contributed by atoms with Crippen LogP contribution in [0.1, 0.15) is 25.3 Å². The van der Waals surface area contributed by atoms with E-state index in [9.17, 15) is 27.1 Å². The van der Waals surface area contributed by atoms with E-state index in [2.05, 4.69) is 15.1 Å². The van der Waals surface area contributed by atoms with Crippen LogP contribution in [0.25, 0.3) is 22.3 Å². The van der Waals surface area contributed by atoms with Gasteiger partial charge in [-0.25, -0.2) is 18.4 Å². The summed E-state index contributed by atoms with van der Waals surface area (Å²) in [5.41, 5.74) is -2.72. The van der Waals surface area contributed by atoms with Crippen molar-refractivity contribution in [2.45, 2.75) is 31.5 Å². The van der Waals surface area contributed by atoms with Crippen molar-refractivity contribution in [2.24, 2.45) is 7.05 Å². The van der Waals surface area contributed by atoms with Crippen molar-refractivity contribution >= 4 is 17.0 Å². The molecule has 4 rings (SSSR count). The quantitative estimate of drug-likeness (QED) is 0.599. The summed E-state index contributed by atoms with van der Waals surface area (Å²) in [5.74, 6) is -4.95. The summed E-state index contributed by atoms with van der Waals surface area (Å²) in [6, 6.07) is 0.288. The number of piperidine rings is 1. The third-order valence-electron chi connectivity index (χ3n) is 5.90. The number of aromatic nitrogens is 4. The van der Waals surface area contributed by atoms with Crippen molar-refractivity contribution in [1.29, 1.82) is 0 Å². The first-order valence-corrected chi connectivity index (χ1v) is 9.73. The van der Waals surface area contributed by atoms with Crippen LogP contribution in [-0.2, 0) is 18.0 Å². The molecule has 1 aliphatic rings. The monoisotopic (exact) mass is 457 g/mol. The van der Waals surface area contributed by atoms with Crippen molar-refractivity contribution in [3.8, 4) is 17.0 Å². The zero-order valence-corrected chi connectivity index (χ0v) is 17.5. The minimum absolute atomic E-state index is 0.160. The standard InChI is InChI=1S/C20H20F5N5O2/c1-19(32-3)4-6-30(7-5-19)18-26-9-11-15(28-29(2)17(11)27-18)10-8-12(20(23,24)25)14(22)16(31)13(10)21/h8-9,31H,4-7H2,1-3H3. The van der Waals surface area contributed by atoms with E-state index in [0.29, 0.717) is 19.0 Å². The van der Waals surface area contributed by atoms with E-state index in [-0.39, 0.29) is 28.4 Å². The number of benzene rings is 1. The fourth-order valence-corrected chi connectivity index (χ4v) is 3.77. The molecule has 7 nitrogen and oxygen atoms in total. The van der Waals surface area contributed by atoms with Gasteiger partial charge in [-0.15, -0.1) is 0 Å². The molecule has 1 N–H and O–H groups in total. The van der Waals surface area contributed by atoms with Crippen molar-refractivity contribution in [3.63, 3.8) is 0 Å². The van der Waals surface area contributed by atoms with Crippen LogP contribution in [0.4, 0.5) is 27.9 Å². The molecule has 0 aliphatic carbocycles. The number of aryl methyl sites for hydroxylation is 1. The summed E-state index contributed by atoms with van der Waals surface area (Å²) in [4.78, 5) is 10.7. The average Bonchev–Trinajstić information content (AvgIpc) is 3.07. The molecule has 32 heavy (non-hydrogen) atoms. The molecule has 0 unspecified atom stereocenters. The van der Waals surface area contributed by atoms with Crippen molar-refractivity contribution in [1.82, 2.24) is 19.7 Å². The minimum atomic E-state index is -5.14. The number of hydrogen-bond acceptors (Lipinski definition) is 6. The lowest BCUT2D eigenvalue weighted by atomic mass is 9.93. The molecular formula is C20H20F5N5O2. The summed E-state index contributed by atoms with van der Waals surface area (Å²) >= 11 is 0. The van der Waals surface area contributed by atoms with Gasteiger partial charge in [0.15, 0.2) is 23.0 Å². The van der Waals surface area contributed by atoms with E-state index >= 15 is 0 Å². The number of methoxy groups -OCH3 is 1. The Morgan fingerprint density at radius 3 is 2.41 bits per heavy atom. The second kappa shape index (κ2) is 7.54. The molecule has 0 spiro atoms. The largest absolute Gasteiger partial charge is 0.503 e. The fourth-order valence-electron chi connectivity index (χ4n) is 3.77. The Balaban J connectivity index is 1.78. The molecule has 1 aliphatic heterocycles. The molecule has 1 saturated heterocycles. The van der Waals surface area contributed by atoms with Gasteiger partial charge in [-0.2, -0.15) is 23.3 Å². The Labute approximate surface area is 179 Å². The summed E-state index contributed by atoms with van der Waals surface area (Å²) < 4.78 is 74.7. The third-order valence-corrected chi connectivity index (χ3v) is 5.90. The van der Waals surface area contributed by atoms with Gasteiger partial charge in [0.25, 0.3) is 0 Å². The zero-order valence-electron chi connectivity index (χ0n) is 17.5. The van der Waals surface area contributed by atoms with Gasteiger partial charge < -0.3 is 14.7 Å². The maximum absolute atomic E-state index is 14.6. The molecule has 172 valence electrons. The Hall–Kier alpha value is -3.02. The van der Waals surface area contributed by atoms with Gasteiger partial charge in [0.05, 0.1) is 16.6 Å². The molecule has 1 aromatic carbocycles. The number of ether oxygens (including phenoxy) is 1. The normalized spacial score (nSPS) is 16.7. The highest BCUT2D eigenvalue weighted by Crippen LogP contribution is 2.41. The van der Waals surface area contributed by atoms with Crippen molar-refractivity contribution in [3.05, 3.63) is 29.5 Å². The van der Waals surface area contributed by atoms with Crippen LogP contribution >= 0.6 is 0 Å². The second-order valence-corrected chi connectivity index (χ2v) is 7.97. The van der Waals surface area contributed by atoms with E-state index in [4.69, 9.17) is 4.74 Å². The molecule has 3 aromatic rings. The van der Waals surface area contributed by atoms with E-state index in [1.165, 1.54) is 17.9 Å². The van der Waals surface area contributed by atoms with Gasteiger partial charge in [-0.1, -0.05) is 0 Å². The Bertz CT molecular complexity index is 1190. The first kappa shape index (κ1) is 22.2. The maximum Gasteiger partial charge on any atom is 0.419 e. The van der Waals surface area contributed by atoms with E-state index in [1.807, 2.05) is 11.8 Å². The smallest absolute Gasteiger partial charge is 0.419 e. The van der Waals surface area contributed by atoms with Gasteiger partial charge in [0, 0.05) is 39.0 Å². The topological polar surface area (TPSA) is 76.3 Å². The van der Waals surface area contributed by atoms with Crippen LogP contribution in [0, 0.1) is 11.6 Å². The van der Waals surface area contributed by atoms with E-state index in [0.717, 1.165) is 12.8 Å². The lowest BCUT2D eigenvalue weighted by molar-refractivity contribution is -0.140. The number of alkyl halides is 3. The van der Waals surface area contributed by atoms with Gasteiger partial charge in [-0.3, -0.25) is 0 Å². The maximum atomic E-state index is 14.6. The van der Waals surface area contributed by atoms with Crippen LogP contribution in [0.3, 0.4) is 0 Å². The average molecular weight is 457 g/mol. The molecule has 12 heteroatoms. The SMILES string of the molecule is COC1(C)CCN(c2ncc3c(-c4cc(C(F)(F)F)c(F)c(O)c4F)nn(C)c3n2)CC1. The molecule has 0 bridgehead atoms. The highest BCUT2D eigenvalue weighted by Gasteiger charge is 2.38. The Morgan fingerprint density at radius 1 is 1.16 bits per heavy atom. The van der Waals surface area contributed by atoms with Crippen LogP contribution in [-0.4, -0.2) is 50.7 Å². The van der Waals surface area contributed by atoms with Crippen LogP contribution in [0.15, 0.2) is 12.3 Å². The highest BCUT2D eigenvalue weighted by molar-refractivity contribution is 5.91. The highest BCUT2D eigenvalue weighted by atomic mass is 19.4. The fraction of sp³-hybridized carbons (Fsp3) is 0.450. The molecule has 0 amide bonds. The molecule has 0 radical (unpaired) electrons. The Kier molecular flexibility index (Phi) is 5.23. The number of fused-ring (bicyclic) bond motifs is 1. The molecule has 1 fully saturated rings. The first-order valence-electron chi connectivity index (χ1n) is 9.73. The van der Waals surface area contributed by atoms with E-state index in [1.54, 1.807) is 7.11 Å². The number of rotatable bonds is 3. The summed E-state index contributed by atoms with van der Waals surface area (Å²) in [7, 11) is 3.15. The number of phenolic OH excluding ortho intramolecular Hbond substituents is 1. The minimum Gasteiger partial charge on any atom is -0.503 e. The number of hydrogen-bond donors (Lipinski definition) is 1. The van der Waals surface area contributed by atoms with Crippen LogP contribution in [0.5, 0.6) is 5.75 Å². The van der Waals surface area contributed by atoms with Crippen molar-refractivity contribution < 1.29 is 31.8 Å². The number of anilines is 1. The molecule has 3 heterocycles. The summed E-state index contributed by atoms with van der Waals surface area (Å²) in [6.45, 7) is 3.29. The van der Waals surface area contributed by atoms with Gasteiger partial charge in [-0.05, 0) is 25.8 Å². The Morgan fingerprint density at radius 2 is 1.81 bits per heavy atom. The number of aromatic hydroxyl groups is 1. The summed E-state index contributed by atoms with van der Waals surface area (Å²) in [6.07, 6.45) is -2.30. The lowest BCUT2D eigenvalue weighted by Crippen LogP contribution is -2.44. The summed E-state index contributed by atoms with van der Waals surface area (Å²) in [5, 5.41) is 13.8. The van der Waals surface area contributed by atoms with Gasteiger partial charge in [0.1, 0.15) is 5.69 Å². The molecule has 2 aromatic heterocycles. The number of halogens is 5. The van der Waals surface area contributed by atoms with Crippen LogP contribution < -0.4 is 4.90 Å². The zero-order chi connectivity index (χ0) is 23.4.